The van der Waals surface area contributed by atoms with Gasteiger partial charge < -0.3 is 11.1 Å². The third-order valence-electron chi connectivity index (χ3n) is 4.81. The molecular weight excluding hydrogens is 244 g/mol. The third-order valence-corrected chi connectivity index (χ3v) is 4.81. The number of rotatable bonds is 5. The van der Waals surface area contributed by atoms with Gasteiger partial charge >= 0.3 is 0 Å². The third kappa shape index (κ3) is 3.99. The van der Waals surface area contributed by atoms with Crippen LogP contribution < -0.4 is 11.1 Å². The van der Waals surface area contributed by atoms with Crippen LogP contribution in [-0.2, 0) is 0 Å². The highest BCUT2D eigenvalue weighted by Gasteiger charge is 2.31. The molecule has 1 saturated carbocycles. The molecule has 2 atom stereocenters. The summed E-state index contributed by atoms with van der Waals surface area (Å²) in [6.07, 6.45) is 9.12. The molecule has 0 radical (unpaired) electrons. The summed E-state index contributed by atoms with van der Waals surface area (Å²) in [5.74, 6) is 0.910. The molecule has 2 unspecified atom stereocenters. The van der Waals surface area contributed by atoms with Gasteiger partial charge in [0.25, 0.3) is 0 Å². The topological polar surface area (TPSA) is 38.0 Å². The molecule has 0 bridgehead atoms. The molecule has 2 nitrogen and oxygen atoms in total. The van der Waals surface area contributed by atoms with Crippen LogP contribution in [0.2, 0.25) is 0 Å². The number of anilines is 1. The maximum Gasteiger partial charge on any atom is 0.0495 e. The standard InChI is InChI=1S/C18H30N2/c1-3-6-16-8-5-11-18(14-19,12-10-16)20-17-9-4-7-15(2)13-17/h4,7,9,13,16,20H,3,5-6,8,10-12,14,19H2,1-2H3. The zero-order valence-corrected chi connectivity index (χ0v) is 13.1. The minimum Gasteiger partial charge on any atom is -0.378 e. The van der Waals surface area contributed by atoms with Gasteiger partial charge in [-0.05, 0) is 49.8 Å². The van der Waals surface area contributed by atoms with E-state index < -0.39 is 0 Å². The zero-order valence-electron chi connectivity index (χ0n) is 13.1. The summed E-state index contributed by atoms with van der Waals surface area (Å²) >= 11 is 0. The monoisotopic (exact) mass is 274 g/mol. The van der Waals surface area contributed by atoms with Gasteiger partial charge in [-0.2, -0.15) is 0 Å². The molecule has 112 valence electrons. The Hall–Kier alpha value is -1.02. The van der Waals surface area contributed by atoms with Crippen molar-refractivity contribution in [2.75, 3.05) is 11.9 Å². The van der Waals surface area contributed by atoms with Gasteiger partial charge in [-0.3, -0.25) is 0 Å². The summed E-state index contributed by atoms with van der Waals surface area (Å²) in [5.41, 5.74) is 8.79. The summed E-state index contributed by atoms with van der Waals surface area (Å²) in [7, 11) is 0. The van der Waals surface area contributed by atoms with E-state index in [-0.39, 0.29) is 5.54 Å². The highest BCUT2D eigenvalue weighted by molar-refractivity contribution is 5.48. The quantitative estimate of drug-likeness (QED) is 0.777. The summed E-state index contributed by atoms with van der Waals surface area (Å²) in [6.45, 7) is 5.18. The van der Waals surface area contributed by atoms with Gasteiger partial charge in [-0.25, -0.2) is 0 Å². The van der Waals surface area contributed by atoms with E-state index >= 15 is 0 Å². The van der Waals surface area contributed by atoms with Crippen molar-refractivity contribution in [1.82, 2.24) is 0 Å². The van der Waals surface area contributed by atoms with Crippen molar-refractivity contribution in [3.05, 3.63) is 29.8 Å². The zero-order chi connectivity index (χ0) is 14.4. The first-order valence-electron chi connectivity index (χ1n) is 8.22. The lowest BCUT2D eigenvalue weighted by atomic mass is 9.88. The van der Waals surface area contributed by atoms with Gasteiger partial charge in [0.15, 0.2) is 0 Å². The molecule has 1 aromatic carbocycles. The lowest BCUT2D eigenvalue weighted by Crippen LogP contribution is -2.45. The maximum atomic E-state index is 6.15. The SMILES string of the molecule is CCCC1CCCC(CN)(Nc2cccc(C)c2)CC1. The Bertz CT molecular complexity index is 416. The van der Waals surface area contributed by atoms with E-state index in [2.05, 4.69) is 43.4 Å². The van der Waals surface area contributed by atoms with Crippen molar-refractivity contribution < 1.29 is 0 Å². The summed E-state index contributed by atoms with van der Waals surface area (Å²) in [5, 5.41) is 3.76. The molecule has 1 aromatic rings. The van der Waals surface area contributed by atoms with Crippen LogP contribution in [0.5, 0.6) is 0 Å². The number of nitrogens with one attached hydrogen (secondary N) is 1. The van der Waals surface area contributed by atoms with Crippen LogP contribution in [0.25, 0.3) is 0 Å². The molecule has 20 heavy (non-hydrogen) atoms. The molecule has 0 heterocycles. The van der Waals surface area contributed by atoms with Gasteiger partial charge in [0, 0.05) is 17.8 Å². The fourth-order valence-electron chi connectivity index (χ4n) is 3.58. The highest BCUT2D eigenvalue weighted by Crippen LogP contribution is 2.34. The normalized spacial score (nSPS) is 27.1. The van der Waals surface area contributed by atoms with E-state index in [1.54, 1.807) is 0 Å². The molecule has 0 aliphatic heterocycles. The Kier molecular flexibility index (Phi) is 5.47. The molecule has 2 rings (SSSR count). The van der Waals surface area contributed by atoms with Gasteiger partial charge in [-0.1, -0.05) is 44.7 Å². The van der Waals surface area contributed by atoms with Crippen molar-refractivity contribution in [1.29, 1.82) is 0 Å². The van der Waals surface area contributed by atoms with Crippen molar-refractivity contribution >= 4 is 5.69 Å². The van der Waals surface area contributed by atoms with Crippen molar-refractivity contribution in [3.63, 3.8) is 0 Å². The lowest BCUT2D eigenvalue weighted by molar-refractivity contribution is 0.390. The van der Waals surface area contributed by atoms with Gasteiger partial charge in [-0.15, -0.1) is 0 Å². The molecule has 1 aliphatic rings. The summed E-state index contributed by atoms with van der Waals surface area (Å²) in [4.78, 5) is 0. The molecular formula is C18H30N2. The lowest BCUT2D eigenvalue weighted by Gasteiger charge is -2.34. The van der Waals surface area contributed by atoms with Gasteiger partial charge in [0.2, 0.25) is 0 Å². The largest absolute Gasteiger partial charge is 0.378 e. The Labute approximate surface area is 124 Å². The Morgan fingerprint density at radius 2 is 2.15 bits per heavy atom. The molecule has 2 heteroatoms. The number of benzene rings is 1. The smallest absolute Gasteiger partial charge is 0.0495 e. The second-order valence-electron chi connectivity index (χ2n) is 6.56. The van der Waals surface area contributed by atoms with E-state index in [4.69, 9.17) is 5.73 Å². The maximum absolute atomic E-state index is 6.15. The molecule has 0 aromatic heterocycles. The Morgan fingerprint density at radius 1 is 1.30 bits per heavy atom. The molecule has 0 saturated heterocycles. The predicted molar refractivity (Wildman–Crippen MR) is 88.1 cm³/mol. The molecule has 3 N–H and O–H groups in total. The number of aryl methyl sites for hydroxylation is 1. The Morgan fingerprint density at radius 3 is 2.85 bits per heavy atom. The second kappa shape index (κ2) is 7.12. The van der Waals surface area contributed by atoms with Crippen molar-refractivity contribution in [2.24, 2.45) is 11.7 Å². The van der Waals surface area contributed by atoms with Crippen LogP contribution in [0.4, 0.5) is 5.69 Å². The number of nitrogens with two attached hydrogens (primary N) is 1. The van der Waals surface area contributed by atoms with E-state index in [1.165, 1.54) is 56.2 Å². The van der Waals surface area contributed by atoms with Crippen LogP contribution >= 0.6 is 0 Å². The first kappa shape index (κ1) is 15.4. The van der Waals surface area contributed by atoms with Crippen molar-refractivity contribution in [2.45, 2.75) is 64.3 Å². The van der Waals surface area contributed by atoms with Crippen LogP contribution in [-0.4, -0.2) is 12.1 Å². The fraction of sp³-hybridized carbons (Fsp3) is 0.667. The summed E-state index contributed by atoms with van der Waals surface area (Å²) < 4.78 is 0. The fourth-order valence-corrected chi connectivity index (χ4v) is 3.58. The average molecular weight is 274 g/mol. The molecule has 0 spiro atoms. The van der Waals surface area contributed by atoms with Crippen LogP contribution in [0.15, 0.2) is 24.3 Å². The summed E-state index contributed by atoms with van der Waals surface area (Å²) in [6, 6.07) is 8.66. The highest BCUT2D eigenvalue weighted by atomic mass is 15.0. The van der Waals surface area contributed by atoms with Crippen LogP contribution in [0.1, 0.15) is 57.4 Å². The van der Waals surface area contributed by atoms with Gasteiger partial charge in [0.1, 0.15) is 0 Å². The van der Waals surface area contributed by atoms with Crippen molar-refractivity contribution in [3.8, 4) is 0 Å². The first-order chi connectivity index (χ1) is 9.67. The molecule has 0 amide bonds. The minimum absolute atomic E-state index is 0.107. The van der Waals surface area contributed by atoms with Gasteiger partial charge in [0.05, 0.1) is 0 Å². The average Bonchev–Trinajstić information content (AvgIpc) is 2.63. The van der Waals surface area contributed by atoms with Crippen LogP contribution in [0, 0.1) is 12.8 Å². The first-order valence-corrected chi connectivity index (χ1v) is 8.22. The predicted octanol–water partition coefficient (Wildman–Crippen LogP) is 4.48. The molecule has 1 fully saturated rings. The van der Waals surface area contributed by atoms with Crippen LogP contribution in [0.3, 0.4) is 0 Å². The number of hydrogen-bond donors (Lipinski definition) is 2. The van der Waals surface area contributed by atoms with E-state index in [1.807, 2.05) is 0 Å². The van der Waals surface area contributed by atoms with E-state index in [9.17, 15) is 0 Å². The second-order valence-corrected chi connectivity index (χ2v) is 6.56. The molecule has 1 aliphatic carbocycles. The van der Waals surface area contributed by atoms with E-state index in [0.717, 1.165) is 12.5 Å². The van der Waals surface area contributed by atoms with E-state index in [0.29, 0.717) is 0 Å². The minimum atomic E-state index is 0.107. The number of hydrogen-bond acceptors (Lipinski definition) is 2. The Balaban J connectivity index is 2.05.